The molecule has 3 rings (SSSR count). The van der Waals surface area contributed by atoms with Gasteiger partial charge in [0, 0.05) is 22.0 Å². The van der Waals surface area contributed by atoms with Crippen molar-refractivity contribution in [1.82, 2.24) is 4.98 Å². The molecule has 0 bridgehead atoms. The van der Waals surface area contributed by atoms with Gasteiger partial charge in [-0.1, -0.05) is 22.0 Å². The molecule has 1 aromatic heterocycles. The molecule has 1 unspecified atom stereocenters. The fraction of sp³-hybridized carbons (Fsp3) is 0.286. The Bertz CT molecular complexity index is 685. The molecule has 0 aliphatic heterocycles. The van der Waals surface area contributed by atoms with Gasteiger partial charge in [0.15, 0.2) is 11.9 Å². The molecule has 104 valence electrons. The first-order valence-electron chi connectivity index (χ1n) is 6.20. The predicted molar refractivity (Wildman–Crippen MR) is 81.9 cm³/mol. The summed E-state index contributed by atoms with van der Waals surface area (Å²) in [4.78, 5) is 15.6. The molecule has 1 aliphatic rings. The Labute approximate surface area is 132 Å². The Hall–Kier alpha value is -1.14. The van der Waals surface area contributed by atoms with Crippen LogP contribution in [0.3, 0.4) is 0 Å². The van der Waals surface area contributed by atoms with E-state index in [1.165, 1.54) is 0 Å². The van der Waals surface area contributed by atoms with Crippen LogP contribution in [0.4, 0.5) is 0 Å². The lowest BCUT2D eigenvalue weighted by Gasteiger charge is -2.17. The van der Waals surface area contributed by atoms with Crippen molar-refractivity contribution >= 4 is 48.7 Å². The van der Waals surface area contributed by atoms with Crippen molar-refractivity contribution in [2.24, 2.45) is 5.92 Å². The van der Waals surface area contributed by atoms with Crippen LogP contribution in [0.25, 0.3) is 10.9 Å². The van der Waals surface area contributed by atoms with Crippen LogP contribution in [-0.2, 0) is 4.79 Å². The van der Waals surface area contributed by atoms with Crippen LogP contribution >= 0.6 is 31.9 Å². The van der Waals surface area contributed by atoms with Crippen LogP contribution < -0.4 is 4.74 Å². The SMILES string of the molecule is O=C(O)C(Oc1c(Br)cc(Br)c2cccnc12)C1CC1. The molecule has 6 heteroatoms. The summed E-state index contributed by atoms with van der Waals surface area (Å²) >= 11 is 6.90. The Morgan fingerprint density at radius 3 is 2.80 bits per heavy atom. The zero-order valence-corrected chi connectivity index (χ0v) is 13.5. The molecule has 1 saturated carbocycles. The second kappa shape index (κ2) is 5.33. The Morgan fingerprint density at radius 2 is 2.15 bits per heavy atom. The van der Waals surface area contributed by atoms with Crippen LogP contribution in [0.15, 0.2) is 33.3 Å². The maximum Gasteiger partial charge on any atom is 0.345 e. The molecule has 0 saturated heterocycles. The number of carboxylic acid groups (broad SMARTS) is 1. The van der Waals surface area contributed by atoms with Gasteiger partial charge in [0.1, 0.15) is 5.52 Å². The van der Waals surface area contributed by atoms with Gasteiger partial charge < -0.3 is 9.84 Å². The van der Waals surface area contributed by atoms with Crippen molar-refractivity contribution in [3.8, 4) is 5.75 Å². The van der Waals surface area contributed by atoms with Crippen LogP contribution in [0.5, 0.6) is 5.75 Å². The van der Waals surface area contributed by atoms with Gasteiger partial charge >= 0.3 is 5.97 Å². The summed E-state index contributed by atoms with van der Waals surface area (Å²) in [6.07, 6.45) is 2.66. The van der Waals surface area contributed by atoms with Crippen molar-refractivity contribution in [3.05, 3.63) is 33.3 Å². The number of ether oxygens (including phenoxy) is 1. The van der Waals surface area contributed by atoms with Crippen molar-refractivity contribution in [2.45, 2.75) is 18.9 Å². The molecule has 1 fully saturated rings. The molecule has 0 radical (unpaired) electrons. The van der Waals surface area contributed by atoms with E-state index in [1.807, 2.05) is 18.2 Å². The summed E-state index contributed by atoms with van der Waals surface area (Å²) in [5, 5.41) is 10.2. The maximum atomic E-state index is 11.3. The molecule has 20 heavy (non-hydrogen) atoms. The summed E-state index contributed by atoms with van der Waals surface area (Å²) in [5.74, 6) is -0.337. The zero-order valence-electron chi connectivity index (χ0n) is 10.3. The summed E-state index contributed by atoms with van der Waals surface area (Å²) in [6.45, 7) is 0. The van der Waals surface area contributed by atoms with Gasteiger partial charge in [0.05, 0.1) is 4.47 Å². The monoisotopic (exact) mass is 399 g/mol. The van der Waals surface area contributed by atoms with Crippen LogP contribution in [-0.4, -0.2) is 22.2 Å². The molecule has 1 aliphatic carbocycles. The standard InChI is InChI=1S/C14H11Br2NO3/c15-9-6-10(16)13(11-8(9)2-1-5-17-11)20-12(14(18)19)7-3-4-7/h1-2,5-7,12H,3-4H2,(H,18,19). The molecular formula is C14H11Br2NO3. The third-order valence-corrected chi connectivity index (χ3v) is 4.53. The molecule has 0 amide bonds. The average Bonchev–Trinajstić information content (AvgIpc) is 3.22. The number of rotatable bonds is 4. The van der Waals surface area contributed by atoms with E-state index in [0.717, 1.165) is 22.7 Å². The average molecular weight is 401 g/mol. The van der Waals surface area contributed by atoms with Crippen LogP contribution in [0, 0.1) is 5.92 Å². The minimum absolute atomic E-state index is 0.0989. The van der Waals surface area contributed by atoms with E-state index in [1.54, 1.807) is 6.20 Å². The Balaban J connectivity index is 2.08. The lowest BCUT2D eigenvalue weighted by molar-refractivity contribution is -0.146. The predicted octanol–water partition coefficient (Wildman–Crippen LogP) is 4.00. The number of fused-ring (bicyclic) bond motifs is 1. The molecular weight excluding hydrogens is 390 g/mol. The van der Waals surface area contributed by atoms with E-state index >= 15 is 0 Å². The second-order valence-electron chi connectivity index (χ2n) is 4.78. The van der Waals surface area contributed by atoms with Gasteiger partial charge in [-0.05, 0) is 40.9 Å². The number of halogens is 2. The first-order chi connectivity index (χ1) is 9.58. The number of aliphatic carboxylic acids is 1. The van der Waals surface area contributed by atoms with Crippen LogP contribution in [0.1, 0.15) is 12.8 Å². The number of benzene rings is 1. The van der Waals surface area contributed by atoms with E-state index in [0.29, 0.717) is 15.7 Å². The topological polar surface area (TPSA) is 59.4 Å². The second-order valence-corrected chi connectivity index (χ2v) is 6.49. The molecule has 1 aromatic carbocycles. The van der Waals surface area contributed by atoms with Gasteiger partial charge in [0.2, 0.25) is 0 Å². The maximum absolute atomic E-state index is 11.3. The van der Waals surface area contributed by atoms with E-state index in [2.05, 4.69) is 36.8 Å². The first-order valence-corrected chi connectivity index (χ1v) is 7.78. The highest BCUT2D eigenvalue weighted by Gasteiger charge is 2.39. The van der Waals surface area contributed by atoms with Gasteiger partial charge in [-0.15, -0.1) is 0 Å². The Morgan fingerprint density at radius 1 is 1.40 bits per heavy atom. The van der Waals surface area contributed by atoms with E-state index in [-0.39, 0.29) is 5.92 Å². The highest BCUT2D eigenvalue weighted by molar-refractivity contribution is 9.11. The highest BCUT2D eigenvalue weighted by atomic mass is 79.9. The summed E-state index contributed by atoms with van der Waals surface area (Å²) in [5.41, 5.74) is 0.653. The third-order valence-electron chi connectivity index (χ3n) is 3.29. The van der Waals surface area contributed by atoms with E-state index in [9.17, 15) is 9.90 Å². The Kier molecular flexibility index (Phi) is 3.69. The molecule has 4 nitrogen and oxygen atoms in total. The minimum Gasteiger partial charge on any atom is -0.478 e. The molecule has 1 heterocycles. The first kappa shape index (κ1) is 13.8. The van der Waals surface area contributed by atoms with E-state index in [4.69, 9.17) is 4.74 Å². The third kappa shape index (κ3) is 2.54. The summed E-state index contributed by atoms with van der Waals surface area (Å²) in [7, 11) is 0. The fourth-order valence-electron chi connectivity index (χ4n) is 2.13. The largest absolute Gasteiger partial charge is 0.478 e. The van der Waals surface area contributed by atoms with Crippen LogP contribution in [0.2, 0.25) is 0 Å². The fourth-order valence-corrected chi connectivity index (χ4v) is 3.50. The quantitative estimate of drug-likeness (QED) is 0.842. The van der Waals surface area contributed by atoms with Gasteiger partial charge in [0.25, 0.3) is 0 Å². The van der Waals surface area contributed by atoms with E-state index < -0.39 is 12.1 Å². The van der Waals surface area contributed by atoms with Gasteiger partial charge in [-0.2, -0.15) is 0 Å². The molecule has 0 spiro atoms. The van der Waals surface area contributed by atoms with Crippen molar-refractivity contribution in [2.75, 3.05) is 0 Å². The van der Waals surface area contributed by atoms with Crippen molar-refractivity contribution in [1.29, 1.82) is 0 Å². The number of pyridine rings is 1. The zero-order chi connectivity index (χ0) is 14.3. The lowest BCUT2D eigenvalue weighted by atomic mass is 10.2. The number of nitrogens with zero attached hydrogens (tertiary/aromatic N) is 1. The summed E-state index contributed by atoms with van der Waals surface area (Å²) in [6, 6.07) is 5.60. The molecule has 2 aromatic rings. The number of hydrogen-bond acceptors (Lipinski definition) is 3. The number of hydrogen-bond donors (Lipinski definition) is 1. The number of carbonyl (C=O) groups is 1. The van der Waals surface area contributed by atoms with Crippen molar-refractivity contribution in [3.63, 3.8) is 0 Å². The smallest absolute Gasteiger partial charge is 0.345 e. The molecule has 1 N–H and O–H groups in total. The summed E-state index contributed by atoms with van der Waals surface area (Å²) < 4.78 is 7.35. The molecule has 1 atom stereocenters. The minimum atomic E-state index is -0.925. The lowest BCUT2D eigenvalue weighted by Crippen LogP contribution is -2.29. The van der Waals surface area contributed by atoms with Crippen molar-refractivity contribution < 1.29 is 14.6 Å². The van der Waals surface area contributed by atoms with Gasteiger partial charge in [-0.25, -0.2) is 4.79 Å². The number of carboxylic acids is 1. The highest BCUT2D eigenvalue weighted by Crippen LogP contribution is 2.41. The number of aromatic nitrogens is 1. The normalized spacial score (nSPS) is 16.1. The van der Waals surface area contributed by atoms with Gasteiger partial charge in [-0.3, -0.25) is 4.98 Å².